The molecule has 0 N–H and O–H groups in total. The third-order valence-electron chi connectivity index (χ3n) is 4.30. The van der Waals surface area contributed by atoms with Gasteiger partial charge in [-0.3, -0.25) is 9.69 Å². The number of fused-ring (bicyclic) bond motifs is 1. The van der Waals surface area contributed by atoms with Crippen molar-refractivity contribution in [2.45, 2.75) is 13.0 Å². The number of para-hydroxylation sites is 1. The van der Waals surface area contributed by atoms with E-state index >= 15 is 0 Å². The van der Waals surface area contributed by atoms with Crippen molar-refractivity contribution in [1.82, 2.24) is 14.7 Å². The summed E-state index contributed by atoms with van der Waals surface area (Å²) < 4.78 is 1.69. The number of benzene rings is 2. The molecule has 0 fully saturated rings. The van der Waals surface area contributed by atoms with Gasteiger partial charge in [0.1, 0.15) is 5.84 Å². The minimum atomic E-state index is -0.771. The molecule has 0 radical (unpaired) electrons. The first-order chi connectivity index (χ1) is 12.7. The van der Waals surface area contributed by atoms with E-state index in [0.29, 0.717) is 22.8 Å². The number of aromatic nitrogens is 2. The lowest BCUT2D eigenvalue weighted by Crippen LogP contribution is -2.39. The quantitative estimate of drug-likeness (QED) is 0.714. The Kier molecular flexibility index (Phi) is 3.82. The largest absolute Gasteiger partial charge is 0.275 e. The van der Waals surface area contributed by atoms with Gasteiger partial charge >= 0.3 is 0 Å². The lowest BCUT2D eigenvalue weighted by atomic mass is 10.1. The fourth-order valence-corrected chi connectivity index (χ4v) is 3.06. The van der Waals surface area contributed by atoms with Crippen LogP contribution < -0.4 is 0 Å². The maximum absolute atomic E-state index is 12.9. The molecule has 1 atom stereocenters. The lowest BCUT2D eigenvalue weighted by Gasteiger charge is -2.30. The molecule has 2 heterocycles. The second-order valence-corrected chi connectivity index (χ2v) is 5.90. The fourth-order valence-electron chi connectivity index (χ4n) is 3.06. The average Bonchev–Trinajstić information content (AvgIpc) is 3.11. The zero-order valence-electron chi connectivity index (χ0n) is 14.1. The van der Waals surface area contributed by atoms with E-state index in [-0.39, 0.29) is 5.91 Å². The van der Waals surface area contributed by atoms with Gasteiger partial charge in [-0.1, -0.05) is 36.4 Å². The molecule has 26 heavy (non-hydrogen) atoms. The maximum atomic E-state index is 12.9. The molecule has 1 aromatic heterocycles. The molecule has 0 aliphatic carbocycles. The second-order valence-electron chi connectivity index (χ2n) is 5.90. The van der Waals surface area contributed by atoms with E-state index < -0.39 is 6.04 Å². The van der Waals surface area contributed by atoms with Crippen molar-refractivity contribution in [3.05, 3.63) is 78.0 Å². The Morgan fingerprint density at radius 2 is 1.73 bits per heavy atom. The Balaban J connectivity index is 1.80. The van der Waals surface area contributed by atoms with Crippen molar-refractivity contribution in [3.63, 3.8) is 0 Å². The molecule has 6 heteroatoms. The molecule has 2 aromatic carbocycles. The summed E-state index contributed by atoms with van der Waals surface area (Å²) in [5.74, 6) is 0.796. The summed E-state index contributed by atoms with van der Waals surface area (Å²) in [5.41, 5.74) is 1.98. The lowest BCUT2D eigenvalue weighted by molar-refractivity contribution is 0.0821. The molecular formula is C20H15N5O. The average molecular weight is 341 g/mol. The van der Waals surface area contributed by atoms with Crippen LogP contribution in [0.2, 0.25) is 0 Å². The van der Waals surface area contributed by atoms with Gasteiger partial charge in [-0.25, -0.2) is 9.67 Å². The number of nitriles is 1. The first-order valence-corrected chi connectivity index (χ1v) is 8.17. The second kappa shape index (κ2) is 6.30. The summed E-state index contributed by atoms with van der Waals surface area (Å²) in [4.78, 5) is 18.9. The van der Waals surface area contributed by atoms with Gasteiger partial charge in [0.05, 0.1) is 23.5 Å². The van der Waals surface area contributed by atoms with Gasteiger partial charge in [-0.05, 0) is 31.2 Å². The van der Waals surface area contributed by atoms with Crippen molar-refractivity contribution in [2.24, 2.45) is 4.99 Å². The molecule has 126 valence electrons. The third-order valence-corrected chi connectivity index (χ3v) is 4.30. The maximum Gasteiger partial charge on any atom is 0.260 e. The summed E-state index contributed by atoms with van der Waals surface area (Å²) in [7, 11) is 0. The number of hydrogen-bond acceptors (Lipinski definition) is 4. The number of carbonyl (C=O) groups excluding carboxylic acids is 1. The van der Waals surface area contributed by atoms with Gasteiger partial charge < -0.3 is 0 Å². The van der Waals surface area contributed by atoms with Gasteiger partial charge in [0.25, 0.3) is 5.91 Å². The predicted octanol–water partition coefficient (Wildman–Crippen LogP) is 3.64. The van der Waals surface area contributed by atoms with E-state index in [4.69, 9.17) is 0 Å². The van der Waals surface area contributed by atoms with Gasteiger partial charge in [0.2, 0.25) is 0 Å². The van der Waals surface area contributed by atoms with Crippen molar-refractivity contribution in [1.29, 1.82) is 5.26 Å². The number of nitrogens with zero attached hydrogens (tertiary/aromatic N) is 5. The molecule has 1 aliphatic rings. The molecule has 6 nitrogen and oxygen atoms in total. The van der Waals surface area contributed by atoms with Crippen LogP contribution in [0.3, 0.4) is 0 Å². The van der Waals surface area contributed by atoms with Crippen molar-refractivity contribution < 1.29 is 4.79 Å². The van der Waals surface area contributed by atoms with E-state index in [1.54, 1.807) is 42.1 Å². The van der Waals surface area contributed by atoms with Crippen LogP contribution in [0.4, 0.5) is 5.82 Å². The van der Waals surface area contributed by atoms with E-state index in [1.165, 1.54) is 4.90 Å². The minimum Gasteiger partial charge on any atom is -0.275 e. The van der Waals surface area contributed by atoms with Crippen LogP contribution in [0.15, 0.2) is 71.9 Å². The highest BCUT2D eigenvalue weighted by Gasteiger charge is 2.35. The molecule has 1 aliphatic heterocycles. The molecule has 0 saturated carbocycles. The highest BCUT2D eigenvalue weighted by atomic mass is 16.2. The Labute approximate surface area is 150 Å². The summed E-state index contributed by atoms with van der Waals surface area (Å²) in [6.45, 7) is 1.73. The SMILES string of the molecule is CC1=Nc2c(cnn2-c2ccccc2)C(C#N)N1C(=O)c1ccccc1. The van der Waals surface area contributed by atoms with E-state index in [0.717, 1.165) is 5.69 Å². The Bertz CT molecular complexity index is 1030. The zero-order chi connectivity index (χ0) is 18.1. The van der Waals surface area contributed by atoms with Crippen molar-refractivity contribution >= 4 is 17.6 Å². The molecule has 0 bridgehead atoms. The standard InChI is InChI=1S/C20H15N5O/c1-14-23-19-17(13-22-25(19)16-10-6-3-7-11-16)18(12-21)24(14)20(26)15-8-4-2-5-9-15/h2-11,13,18H,1H3. The third kappa shape index (κ3) is 2.47. The van der Waals surface area contributed by atoms with Crippen LogP contribution in [-0.2, 0) is 0 Å². The minimum absolute atomic E-state index is 0.253. The molecule has 0 spiro atoms. The topological polar surface area (TPSA) is 74.3 Å². The molecule has 3 aromatic rings. The summed E-state index contributed by atoms with van der Waals surface area (Å²) in [5, 5.41) is 14.2. The van der Waals surface area contributed by atoms with Crippen molar-refractivity contribution in [2.75, 3.05) is 0 Å². The van der Waals surface area contributed by atoms with E-state index in [2.05, 4.69) is 16.2 Å². The van der Waals surface area contributed by atoms with Crippen LogP contribution in [-0.4, -0.2) is 26.4 Å². The van der Waals surface area contributed by atoms with Crippen LogP contribution in [0.1, 0.15) is 28.9 Å². The van der Waals surface area contributed by atoms with Gasteiger partial charge in [0.15, 0.2) is 11.9 Å². The Morgan fingerprint density at radius 3 is 2.38 bits per heavy atom. The molecule has 0 saturated heterocycles. The normalized spacial score (nSPS) is 15.8. The van der Waals surface area contributed by atoms with Crippen LogP contribution in [0.25, 0.3) is 5.69 Å². The number of amides is 1. The molecule has 1 amide bonds. The molecule has 1 unspecified atom stereocenters. The zero-order valence-corrected chi connectivity index (χ0v) is 14.1. The first kappa shape index (κ1) is 15.8. The highest BCUT2D eigenvalue weighted by molar-refractivity contribution is 6.07. The highest BCUT2D eigenvalue weighted by Crippen LogP contribution is 2.36. The predicted molar refractivity (Wildman–Crippen MR) is 97.3 cm³/mol. The number of rotatable bonds is 2. The molecular weight excluding hydrogens is 326 g/mol. The Hall–Kier alpha value is -3.72. The molecule has 4 rings (SSSR count). The number of aliphatic imine (C=N–C) groups is 1. The van der Waals surface area contributed by atoms with Crippen LogP contribution in [0.5, 0.6) is 0 Å². The summed E-state index contributed by atoms with van der Waals surface area (Å²) in [6.07, 6.45) is 1.61. The van der Waals surface area contributed by atoms with Gasteiger partial charge in [-0.2, -0.15) is 10.4 Å². The number of amidine groups is 1. The van der Waals surface area contributed by atoms with Gasteiger partial charge in [-0.15, -0.1) is 0 Å². The monoisotopic (exact) mass is 341 g/mol. The Morgan fingerprint density at radius 1 is 1.08 bits per heavy atom. The van der Waals surface area contributed by atoms with E-state index in [1.807, 2.05) is 36.4 Å². The van der Waals surface area contributed by atoms with Crippen molar-refractivity contribution in [3.8, 4) is 11.8 Å². The van der Waals surface area contributed by atoms with Crippen LogP contribution >= 0.6 is 0 Å². The first-order valence-electron chi connectivity index (χ1n) is 8.17. The van der Waals surface area contributed by atoms with Gasteiger partial charge in [0, 0.05) is 5.56 Å². The fraction of sp³-hybridized carbons (Fsp3) is 0.100. The van der Waals surface area contributed by atoms with Crippen LogP contribution in [0, 0.1) is 11.3 Å². The van der Waals surface area contributed by atoms with E-state index in [9.17, 15) is 10.1 Å². The summed E-state index contributed by atoms with van der Waals surface area (Å²) >= 11 is 0. The number of hydrogen-bond donors (Lipinski definition) is 0. The smallest absolute Gasteiger partial charge is 0.260 e. The number of carbonyl (C=O) groups is 1. The summed E-state index contributed by atoms with van der Waals surface area (Å²) in [6, 6.07) is 19.9.